The highest BCUT2D eigenvalue weighted by atomic mass is 16.5. The first-order valence-corrected chi connectivity index (χ1v) is 9.69. The van der Waals surface area contributed by atoms with Gasteiger partial charge in [-0.15, -0.1) is 0 Å². The lowest BCUT2D eigenvalue weighted by molar-refractivity contribution is 0.0474. The molecule has 0 fully saturated rings. The zero-order chi connectivity index (χ0) is 21.8. The maximum absolute atomic E-state index is 13.1. The smallest absolute Gasteiger partial charge is 0.340 e. The number of esters is 1. The molecule has 0 atom stereocenters. The van der Waals surface area contributed by atoms with Crippen LogP contribution in [0.15, 0.2) is 83.8 Å². The van der Waals surface area contributed by atoms with Crippen LogP contribution in [-0.2, 0) is 11.3 Å². The molecule has 6 heteroatoms. The van der Waals surface area contributed by atoms with Crippen LogP contribution in [0.2, 0.25) is 0 Å². The van der Waals surface area contributed by atoms with Crippen molar-refractivity contribution in [3.63, 3.8) is 0 Å². The first-order chi connectivity index (χ1) is 15.1. The monoisotopic (exact) mass is 415 g/mol. The minimum atomic E-state index is -0.513. The molecule has 0 aliphatic rings. The van der Waals surface area contributed by atoms with E-state index in [0.29, 0.717) is 33.5 Å². The van der Waals surface area contributed by atoms with Crippen molar-refractivity contribution in [1.29, 1.82) is 0 Å². The van der Waals surface area contributed by atoms with E-state index in [9.17, 15) is 9.59 Å². The minimum absolute atomic E-state index is 0.0893. The van der Waals surface area contributed by atoms with Crippen molar-refractivity contribution in [2.24, 2.45) is 0 Å². The molecule has 3 aromatic carbocycles. The third kappa shape index (κ3) is 4.14. The number of methoxy groups -OCH3 is 2. The predicted octanol–water partition coefficient (Wildman–Crippen LogP) is 4.36. The zero-order valence-corrected chi connectivity index (χ0v) is 17.2. The molecule has 4 rings (SSSR count). The van der Waals surface area contributed by atoms with Gasteiger partial charge in [-0.25, -0.2) is 4.79 Å². The summed E-state index contributed by atoms with van der Waals surface area (Å²) < 4.78 is 17.4. The van der Waals surface area contributed by atoms with Crippen LogP contribution in [0.3, 0.4) is 0 Å². The molecule has 0 N–H and O–H groups in total. The summed E-state index contributed by atoms with van der Waals surface area (Å²) in [6.07, 6.45) is 1.53. The second kappa shape index (κ2) is 8.75. The largest absolute Gasteiger partial charge is 0.497 e. The Hall–Kier alpha value is -4.06. The molecular formula is C25H21NO5. The van der Waals surface area contributed by atoms with Crippen LogP contribution in [0.4, 0.5) is 0 Å². The molecule has 0 saturated carbocycles. The molecule has 0 spiro atoms. The van der Waals surface area contributed by atoms with E-state index in [1.807, 2.05) is 24.3 Å². The van der Waals surface area contributed by atoms with Gasteiger partial charge in [0.25, 0.3) is 5.56 Å². The van der Waals surface area contributed by atoms with Gasteiger partial charge < -0.3 is 14.2 Å². The number of fused-ring (bicyclic) bond motifs is 1. The van der Waals surface area contributed by atoms with Crippen molar-refractivity contribution in [2.45, 2.75) is 6.61 Å². The normalized spacial score (nSPS) is 10.6. The molecule has 156 valence electrons. The van der Waals surface area contributed by atoms with Gasteiger partial charge in [-0.3, -0.25) is 9.36 Å². The van der Waals surface area contributed by atoms with E-state index in [0.717, 1.165) is 5.56 Å². The summed E-state index contributed by atoms with van der Waals surface area (Å²) in [4.78, 5) is 26.1. The Morgan fingerprint density at radius 3 is 2.26 bits per heavy atom. The van der Waals surface area contributed by atoms with Gasteiger partial charge in [0, 0.05) is 22.7 Å². The van der Waals surface area contributed by atoms with Gasteiger partial charge in [0.05, 0.1) is 19.8 Å². The van der Waals surface area contributed by atoms with Gasteiger partial charge in [-0.05, 0) is 48.0 Å². The molecule has 0 aliphatic heterocycles. The lowest BCUT2D eigenvalue weighted by atomic mass is 10.1. The summed E-state index contributed by atoms with van der Waals surface area (Å²) in [7, 11) is 3.16. The highest BCUT2D eigenvalue weighted by molar-refractivity contribution is 6.04. The van der Waals surface area contributed by atoms with Crippen molar-refractivity contribution in [2.75, 3.05) is 14.2 Å². The van der Waals surface area contributed by atoms with E-state index < -0.39 is 5.97 Å². The SMILES string of the molecule is COc1ccc(-n2cc(C(=O)OCc3cccc(OC)c3)c3ccccc3c2=O)cc1. The fourth-order valence-electron chi connectivity index (χ4n) is 3.38. The number of aromatic nitrogens is 1. The average molecular weight is 415 g/mol. The second-order valence-electron chi connectivity index (χ2n) is 6.89. The minimum Gasteiger partial charge on any atom is -0.497 e. The first-order valence-electron chi connectivity index (χ1n) is 9.69. The standard InChI is InChI=1S/C25H21NO5/c1-29-19-12-10-18(11-13-19)26-15-23(21-8-3-4-9-22(21)24(26)27)25(28)31-16-17-6-5-7-20(14-17)30-2/h3-15H,16H2,1-2H3. The van der Waals surface area contributed by atoms with Crippen molar-refractivity contribution < 1.29 is 19.0 Å². The lowest BCUT2D eigenvalue weighted by Gasteiger charge is -2.13. The molecule has 0 aliphatic carbocycles. The summed E-state index contributed by atoms with van der Waals surface area (Å²) in [5.41, 5.74) is 1.53. The number of rotatable bonds is 6. The molecule has 4 aromatic rings. The second-order valence-corrected chi connectivity index (χ2v) is 6.89. The van der Waals surface area contributed by atoms with Crippen molar-refractivity contribution in [1.82, 2.24) is 4.57 Å². The highest BCUT2D eigenvalue weighted by Crippen LogP contribution is 2.21. The van der Waals surface area contributed by atoms with E-state index in [4.69, 9.17) is 14.2 Å². The Morgan fingerprint density at radius 1 is 0.839 bits per heavy atom. The summed E-state index contributed by atoms with van der Waals surface area (Å²) in [5.74, 6) is 0.851. The van der Waals surface area contributed by atoms with Crippen molar-refractivity contribution in [3.8, 4) is 17.2 Å². The molecule has 1 heterocycles. The fourth-order valence-corrected chi connectivity index (χ4v) is 3.38. The van der Waals surface area contributed by atoms with Gasteiger partial charge in [0.2, 0.25) is 0 Å². The molecule has 6 nitrogen and oxygen atoms in total. The van der Waals surface area contributed by atoms with E-state index in [1.165, 1.54) is 10.8 Å². The van der Waals surface area contributed by atoms with Gasteiger partial charge in [0.15, 0.2) is 0 Å². The van der Waals surface area contributed by atoms with Crippen LogP contribution >= 0.6 is 0 Å². The molecule has 0 radical (unpaired) electrons. The van der Waals surface area contributed by atoms with Crippen molar-refractivity contribution >= 4 is 16.7 Å². The van der Waals surface area contributed by atoms with Crippen LogP contribution < -0.4 is 15.0 Å². The van der Waals surface area contributed by atoms with Gasteiger partial charge >= 0.3 is 5.97 Å². The van der Waals surface area contributed by atoms with Crippen molar-refractivity contribution in [3.05, 3.63) is 100 Å². The zero-order valence-electron chi connectivity index (χ0n) is 17.2. The van der Waals surface area contributed by atoms with Gasteiger partial charge in [-0.1, -0.05) is 30.3 Å². The number of benzene rings is 3. The molecule has 0 amide bonds. The van der Waals surface area contributed by atoms with Crippen LogP contribution in [0.25, 0.3) is 16.5 Å². The quantitative estimate of drug-likeness (QED) is 0.438. The number of carbonyl (C=O) groups is 1. The maximum Gasteiger partial charge on any atom is 0.340 e. The van der Waals surface area contributed by atoms with E-state index in [-0.39, 0.29) is 12.2 Å². The van der Waals surface area contributed by atoms with Gasteiger partial charge in [0.1, 0.15) is 18.1 Å². The molecular weight excluding hydrogens is 394 g/mol. The summed E-state index contributed by atoms with van der Waals surface area (Å²) in [6.45, 7) is 0.0893. The lowest BCUT2D eigenvalue weighted by Crippen LogP contribution is -2.21. The maximum atomic E-state index is 13.1. The van der Waals surface area contributed by atoms with Gasteiger partial charge in [-0.2, -0.15) is 0 Å². The number of hydrogen-bond acceptors (Lipinski definition) is 5. The third-order valence-electron chi connectivity index (χ3n) is 5.00. The molecule has 0 saturated heterocycles. The Morgan fingerprint density at radius 2 is 1.55 bits per heavy atom. The fraction of sp³-hybridized carbons (Fsp3) is 0.120. The Bertz CT molecular complexity index is 1290. The number of ether oxygens (including phenoxy) is 3. The number of pyridine rings is 1. The molecule has 1 aromatic heterocycles. The Labute approximate surface area is 179 Å². The van der Waals surface area contributed by atoms with Crippen LogP contribution in [0.1, 0.15) is 15.9 Å². The molecule has 0 bridgehead atoms. The Kier molecular flexibility index (Phi) is 5.71. The number of carbonyl (C=O) groups excluding carboxylic acids is 1. The number of nitrogens with zero attached hydrogens (tertiary/aromatic N) is 1. The topological polar surface area (TPSA) is 66.8 Å². The van der Waals surface area contributed by atoms with Crippen LogP contribution in [-0.4, -0.2) is 24.8 Å². The number of hydrogen-bond donors (Lipinski definition) is 0. The predicted molar refractivity (Wildman–Crippen MR) is 118 cm³/mol. The van der Waals surface area contributed by atoms with Crippen LogP contribution in [0.5, 0.6) is 11.5 Å². The Balaban J connectivity index is 1.72. The average Bonchev–Trinajstić information content (AvgIpc) is 2.83. The summed E-state index contributed by atoms with van der Waals surface area (Å²) in [5, 5.41) is 0.988. The third-order valence-corrected chi connectivity index (χ3v) is 5.00. The van der Waals surface area contributed by atoms with Crippen LogP contribution in [0, 0.1) is 0 Å². The van der Waals surface area contributed by atoms with E-state index >= 15 is 0 Å². The van der Waals surface area contributed by atoms with E-state index in [2.05, 4.69) is 0 Å². The summed E-state index contributed by atoms with van der Waals surface area (Å²) >= 11 is 0. The summed E-state index contributed by atoms with van der Waals surface area (Å²) in [6, 6.07) is 21.4. The molecule has 0 unspecified atom stereocenters. The highest BCUT2D eigenvalue weighted by Gasteiger charge is 2.17. The first kappa shape index (κ1) is 20.2. The molecule has 31 heavy (non-hydrogen) atoms. The van der Waals surface area contributed by atoms with E-state index in [1.54, 1.807) is 62.8 Å².